The minimum atomic E-state index is -3.69. The van der Waals surface area contributed by atoms with Gasteiger partial charge in [0.15, 0.2) is 5.16 Å². The maximum atomic E-state index is 12.8. The zero-order valence-electron chi connectivity index (χ0n) is 15.8. The van der Waals surface area contributed by atoms with Crippen LogP contribution in [0.5, 0.6) is 0 Å². The van der Waals surface area contributed by atoms with Gasteiger partial charge >= 0.3 is 0 Å². The number of rotatable bonds is 4. The van der Waals surface area contributed by atoms with Crippen LogP contribution in [0.15, 0.2) is 34.4 Å². The highest BCUT2D eigenvalue weighted by atomic mass is 32.2. The van der Waals surface area contributed by atoms with Crippen LogP contribution in [0.25, 0.3) is 11.3 Å². The van der Waals surface area contributed by atoms with Crippen molar-refractivity contribution in [1.82, 2.24) is 15.3 Å². The summed E-state index contributed by atoms with van der Waals surface area (Å²) in [5.74, 6) is 0.171. The predicted octanol–water partition coefficient (Wildman–Crippen LogP) is 2.74. The van der Waals surface area contributed by atoms with Gasteiger partial charge in [-0.2, -0.15) is 0 Å². The van der Waals surface area contributed by atoms with Gasteiger partial charge in [0.1, 0.15) is 4.90 Å². The van der Waals surface area contributed by atoms with Crippen LogP contribution in [0.3, 0.4) is 0 Å². The third-order valence-corrected chi connectivity index (χ3v) is 7.80. The fourth-order valence-electron chi connectivity index (χ4n) is 3.67. The summed E-state index contributed by atoms with van der Waals surface area (Å²) in [6.07, 6.45) is 5.73. The summed E-state index contributed by atoms with van der Waals surface area (Å²) < 4.78 is 26.9. The second-order valence-electron chi connectivity index (χ2n) is 7.20. The molecule has 1 aliphatic heterocycles. The van der Waals surface area contributed by atoms with Crippen LogP contribution in [-0.4, -0.2) is 43.1 Å². The molecule has 1 saturated carbocycles. The first kappa shape index (κ1) is 19.2. The molecule has 148 valence electrons. The largest absolute Gasteiger partial charge is 0.353 e. The Morgan fingerprint density at radius 3 is 2.82 bits per heavy atom. The molecular weight excluding hydrogens is 396 g/mol. The van der Waals surface area contributed by atoms with E-state index in [2.05, 4.69) is 15.3 Å². The summed E-state index contributed by atoms with van der Waals surface area (Å²) in [6, 6.07) is 5.86. The molecule has 28 heavy (non-hydrogen) atoms. The number of amides is 1. The molecule has 2 aliphatic rings. The van der Waals surface area contributed by atoms with E-state index in [4.69, 9.17) is 0 Å². The van der Waals surface area contributed by atoms with E-state index in [1.807, 2.05) is 19.1 Å². The number of hydrogen-bond donors (Lipinski definition) is 1. The fraction of sp³-hybridized carbons (Fsp3) is 0.421. The third kappa shape index (κ3) is 3.48. The van der Waals surface area contributed by atoms with Gasteiger partial charge in [0.2, 0.25) is 5.91 Å². The van der Waals surface area contributed by atoms with Gasteiger partial charge in [-0.25, -0.2) is 18.4 Å². The highest BCUT2D eigenvalue weighted by molar-refractivity contribution is 7.99. The van der Waals surface area contributed by atoms with E-state index in [1.165, 1.54) is 29.3 Å². The second kappa shape index (κ2) is 7.36. The lowest BCUT2D eigenvalue weighted by Gasteiger charge is -2.28. The number of carbonyl (C=O) groups is 1. The first-order chi connectivity index (χ1) is 13.4. The summed E-state index contributed by atoms with van der Waals surface area (Å²) >= 11 is 1.22. The van der Waals surface area contributed by atoms with Crippen molar-refractivity contribution >= 4 is 33.4 Å². The fourth-order valence-corrected chi connectivity index (χ4v) is 5.59. The van der Waals surface area contributed by atoms with Crippen LogP contribution in [0.4, 0.5) is 5.69 Å². The van der Waals surface area contributed by atoms with E-state index in [9.17, 15) is 13.2 Å². The molecule has 1 aromatic heterocycles. The minimum absolute atomic E-state index is 0.0400. The Kier molecular flexibility index (Phi) is 5.05. The topological polar surface area (TPSA) is 92.3 Å². The van der Waals surface area contributed by atoms with E-state index in [-0.39, 0.29) is 22.6 Å². The number of aromatic nitrogens is 2. The molecule has 4 rings (SSSR count). The van der Waals surface area contributed by atoms with Crippen LogP contribution in [0.2, 0.25) is 0 Å². The Morgan fingerprint density at radius 2 is 2.07 bits per heavy atom. The maximum absolute atomic E-state index is 12.8. The average Bonchev–Trinajstić information content (AvgIpc) is 3.17. The van der Waals surface area contributed by atoms with Crippen LogP contribution < -0.4 is 9.62 Å². The number of hydrogen-bond acceptors (Lipinski definition) is 6. The number of aryl methyl sites for hydroxylation is 1. The van der Waals surface area contributed by atoms with Gasteiger partial charge in [-0.3, -0.25) is 9.10 Å². The number of anilines is 1. The van der Waals surface area contributed by atoms with Crippen molar-refractivity contribution in [2.24, 2.45) is 0 Å². The van der Waals surface area contributed by atoms with Gasteiger partial charge in [0, 0.05) is 18.7 Å². The molecule has 0 unspecified atom stereocenters. The Labute approximate surface area is 169 Å². The van der Waals surface area contributed by atoms with Crippen LogP contribution >= 0.6 is 11.8 Å². The van der Waals surface area contributed by atoms with Gasteiger partial charge in [0.25, 0.3) is 10.0 Å². The molecule has 0 radical (unpaired) electrons. The molecule has 9 heteroatoms. The number of thioether (sulfide) groups is 1. The molecule has 0 spiro atoms. The molecular formula is C19H22N4O3S2. The quantitative estimate of drug-likeness (QED) is 0.606. The van der Waals surface area contributed by atoms with E-state index >= 15 is 0 Å². The van der Waals surface area contributed by atoms with Crippen LogP contribution in [0, 0.1) is 6.92 Å². The van der Waals surface area contributed by atoms with E-state index < -0.39 is 10.0 Å². The number of fused-ring (bicyclic) bond motifs is 3. The molecule has 1 amide bonds. The summed E-state index contributed by atoms with van der Waals surface area (Å²) in [7, 11) is -2.16. The average molecular weight is 419 g/mol. The molecule has 2 aromatic rings. The molecule has 2 heterocycles. The smallest absolute Gasteiger partial charge is 0.267 e. The van der Waals surface area contributed by atoms with Crippen LogP contribution in [-0.2, 0) is 14.8 Å². The summed E-state index contributed by atoms with van der Waals surface area (Å²) in [4.78, 5) is 20.9. The minimum Gasteiger partial charge on any atom is -0.353 e. The molecule has 7 nitrogen and oxygen atoms in total. The van der Waals surface area contributed by atoms with E-state index in [0.29, 0.717) is 16.5 Å². The molecule has 0 bridgehead atoms. The molecule has 0 saturated heterocycles. The number of carbonyl (C=O) groups excluding carboxylic acids is 1. The van der Waals surface area contributed by atoms with Gasteiger partial charge in [0.05, 0.1) is 23.3 Å². The van der Waals surface area contributed by atoms with Crippen molar-refractivity contribution in [3.63, 3.8) is 0 Å². The monoisotopic (exact) mass is 418 g/mol. The molecule has 1 fully saturated rings. The van der Waals surface area contributed by atoms with Gasteiger partial charge < -0.3 is 5.32 Å². The predicted molar refractivity (Wildman–Crippen MR) is 109 cm³/mol. The lowest BCUT2D eigenvalue weighted by Crippen LogP contribution is -2.34. The second-order valence-corrected chi connectivity index (χ2v) is 10.1. The summed E-state index contributed by atoms with van der Waals surface area (Å²) in [5, 5.41) is 3.43. The number of sulfonamides is 1. The van der Waals surface area contributed by atoms with Crippen molar-refractivity contribution < 1.29 is 13.2 Å². The van der Waals surface area contributed by atoms with E-state index in [1.54, 1.807) is 6.07 Å². The first-order valence-corrected chi connectivity index (χ1v) is 11.7. The number of nitrogens with zero attached hydrogens (tertiary/aromatic N) is 3. The molecule has 0 atom stereocenters. The normalized spacial score (nSPS) is 17.9. The lowest BCUT2D eigenvalue weighted by molar-refractivity contribution is -0.119. The van der Waals surface area contributed by atoms with Crippen molar-refractivity contribution in [2.45, 2.75) is 48.7 Å². The summed E-state index contributed by atoms with van der Waals surface area (Å²) in [6.45, 7) is 1.95. The van der Waals surface area contributed by atoms with Crippen molar-refractivity contribution in [2.75, 3.05) is 17.1 Å². The zero-order chi connectivity index (χ0) is 19.9. The van der Waals surface area contributed by atoms with Gasteiger partial charge in [-0.15, -0.1) is 0 Å². The Morgan fingerprint density at radius 1 is 1.32 bits per heavy atom. The standard InChI is InChI=1S/C19H22N4O3S2/c1-12-7-8-15-14(9-12)18-16(28(25,26)23(15)2)10-20-19(22-18)27-11-17(24)21-13-5-3-4-6-13/h7-10,13H,3-6,11H2,1-2H3,(H,21,24). The third-order valence-electron chi connectivity index (χ3n) is 5.17. The number of benzene rings is 1. The Balaban J connectivity index is 1.60. The van der Waals surface area contributed by atoms with Crippen molar-refractivity contribution in [3.05, 3.63) is 30.0 Å². The highest BCUT2D eigenvalue weighted by Gasteiger charge is 2.34. The molecule has 1 aliphatic carbocycles. The van der Waals surface area contributed by atoms with Gasteiger partial charge in [-0.1, -0.05) is 36.2 Å². The molecule has 1 aromatic carbocycles. The van der Waals surface area contributed by atoms with Gasteiger partial charge in [-0.05, 0) is 31.9 Å². The van der Waals surface area contributed by atoms with Crippen molar-refractivity contribution in [3.8, 4) is 11.3 Å². The Bertz CT molecular complexity index is 1030. The van der Waals surface area contributed by atoms with E-state index in [0.717, 1.165) is 36.8 Å². The summed E-state index contributed by atoms with van der Waals surface area (Å²) in [5.41, 5.74) is 2.75. The zero-order valence-corrected chi connectivity index (χ0v) is 17.4. The van der Waals surface area contributed by atoms with Crippen molar-refractivity contribution in [1.29, 1.82) is 0 Å². The molecule has 1 N–H and O–H groups in total. The SMILES string of the molecule is Cc1ccc2c(c1)-c1nc(SCC(=O)NC3CCCC3)ncc1S(=O)(=O)N2C. The van der Waals surface area contributed by atoms with Crippen LogP contribution in [0.1, 0.15) is 31.2 Å². The number of nitrogens with one attached hydrogen (secondary N) is 1. The lowest BCUT2D eigenvalue weighted by atomic mass is 10.1. The highest BCUT2D eigenvalue weighted by Crippen LogP contribution is 2.41. The maximum Gasteiger partial charge on any atom is 0.267 e. The Hall–Kier alpha value is -2.13. The first-order valence-electron chi connectivity index (χ1n) is 9.25.